The minimum absolute atomic E-state index is 0.206. The number of fused-ring (bicyclic) bond motifs is 1. The third kappa shape index (κ3) is 2.89. The van der Waals surface area contributed by atoms with Gasteiger partial charge in [0, 0.05) is 5.39 Å². The summed E-state index contributed by atoms with van der Waals surface area (Å²) in [4.78, 5) is 26.2. The largest absolute Gasteiger partial charge is 0.458 e. The van der Waals surface area contributed by atoms with Crippen molar-refractivity contribution in [2.45, 2.75) is 38.8 Å². The Balaban J connectivity index is 1.81. The summed E-state index contributed by atoms with van der Waals surface area (Å²) >= 11 is 0. The van der Waals surface area contributed by atoms with E-state index in [2.05, 4.69) is 5.32 Å². The molecule has 1 aliphatic rings. The van der Waals surface area contributed by atoms with Crippen molar-refractivity contribution in [2.24, 2.45) is 0 Å². The molecule has 1 saturated heterocycles. The summed E-state index contributed by atoms with van der Waals surface area (Å²) in [7, 11) is 0. The third-order valence-electron chi connectivity index (χ3n) is 4.04. The average molecular weight is 330 g/mol. The van der Waals surface area contributed by atoms with Gasteiger partial charge in [0.15, 0.2) is 5.54 Å². The topological polar surface area (TPSA) is 71.8 Å². The Labute approximate surface area is 140 Å². The number of carbonyl (C=O) groups excluding carboxylic acids is 2. The fourth-order valence-electron chi connectivity index (χ4n) is 2.74. The van der Waals surface area contributed by atoms with E-state index in [1.807, 2.05) is 45.0 Å². The SMILES string of the molecule is CC(C)(C)OCCN1C(=O)N[C@](C)(c2cc3ccccc3o2)C1=O. The highest BCUT2D eigenvalue weighted by atomic mass is 16.5. The number of carbonyl (C=O) groups is 2. The van der Waals surface area contributed by atoms with Crippen LogP contribution in [-0.2, 0) is 15.1 Å². The molecule has 1 fully saturated rings. The number of imide groups is 1. The monoisotopic (exact) mass is 330 g/mol. The highest BCUT2D eigenvalue weighted by molar-refractivity contribution is 6.07. The second kappa shape index (κ2) is 5.63. The van der Waals surface area contributed by atoms with Gasteiger partial charge in [-0.1, -0.05) is 18.2 Å². The molecule has 1 aromatic carbocycles. The number of para-hydroxylation sites is 1. The van der Waals surface area contributed by atoms with E-state index in [4.69, 9.17) is 9.15 Å². The molecule has 0 spiro atoms. The Bertz CT molecular complexity index is 757. The normalized spacial score (nSPS) is 21.6. The molecule has 6 heteroatoms. The summed E-state index contributed by atoms with van der Waals surface area (Å²) in [6, 6.07) is 8.86. The van der Waals surface area contributed by atoms with Gasteiger partial charge < -0.3 is 14.5 Å². The Morgan fingerprint density at radius 1 is 1.25 bits per heavy atom. The van der Waals surface area contributed by atoms with E-state index in [1.54, 1.807) is 13.0 Å². The number of nitrogens with zero attached hydrogens (tertiary/aromatic N) is 1. The first-order valence-corrected chi connectivity index (χ1v) is 7.98. The minimum atomic E-state index is -1.20. The van der Waals surface area contributed by atoms with E-state index in [0.717, 1.165) is 5.39 Å². The van der Waals surface area contributed by atoms with Gasteiger partial charge in [-0.15, -0.1) is 0 Å². The number of rotatable bonds is 4. The maximum Gasteiger partial charge on any atom is 0.325 e. The molecule has 2 heterocycles. The fraction of sp³-hybridized carbons (Fsp3) is 0.444. The molecule has 3 amide bonds. The zero-order valence-corrected chi connectivity index (χ0v) is 14.4. The Morgan fingerprint density at radius 2 is 1.96 bits per heavy atom. The van der Waals surface area contributed by atoms with Crippen LogP contribution in [-0.4, -0.2) is 35.6 Å². The van der Waals surface area contributed by atoms with Crippen LogP contribution in [0.3, 0.4) is 0 Å². The molecule has 0 unspecified atom stereocenters. The van der Waals surface area contributed by atoms with Crippen LogP contribution in [0.2, 0.25) is 0 Å². The van der Waals surface area contributed by atoms with Crippen molar-refractivity contribution in [2.75, 3.05) is 13.2 Å². The van der Waals surface area contributed by atoms with E-state index in [1.165, 1.54) is 4.90 Å². The van der Waals surface area contributed by atoms with Gasteiger partial charge >= 0.3 is 6.03 Å². The van der Waals surface area contributed by atoms with Crippen LogP contribution in [0.25, 0.3) is 11.0 Å². The van der Waals surface area contributed by atoms with E-state index in [0.29, 0.717) is 18.0 Å². The summed E-state index contributed by atoms with van der Waals surface area (Å²) in [5.41, 5.74) is -0.829. The lowest BCUT2D eigenvalue weighted by Gasteiger charge is -2.22. The highest BCUT2D eigenvalue weighted by Gasteiger charge is 2.51. The van der Waals surface area contributed by atoms with E-state index in [9.17, 15) is 9.59 Å². The van der Waals surface area contributed by atoms with E-state index >= 15 is 0 Å². The number of amides is 3. The van der Waals surface area contributed by atoms with Crippen molar-refractivity contribution >= 4 is 22.9 Å². The lowest BCUT2D eigenvalue weighted by molar-refractivity contribution is -0.132. The molecule has 3 rings (SSSR count). The number of urea groups is 1. The molecular formula is C18H22N2O4. The summed E-state index contributed by atoms with van der Waals surface area (Å²) < 4.78 is 11.4. The smallest absolute Gasteiger partial charge is 0.325 e. The molecule has 128 valence electrons. The maximum atomic E-state index is 12.8. The van der Waals surface area contributed by atoms with Crippen molar-refractivity contribution < 1.29 is 18.7 Å². The summed E-state index contributed by atoms with van der Waals surface area (Å²) in [6.07, 6.45) is 0. The molecule has 0 saturated carbocycles. The van der Waals surface area contributed by atoms with Crippen LogP contribution in [0.4, 0.5) is 4.79 Å². The molecule has 1 N–H and O–H groups in total. The van der Waals surface area contributed by atoms with E-state index < -0.39 is 11.6 Å². The van der Waals surface area contributed by atoms with Crippen LogP contribution in [0.1, 0.15) is 33.5 Å². The fourth-order valence-corrected chi connectivity index (χ4v) is 2.74. The van der Waals surface area contributed by atoms with Crippen molar-refractivity contribution in [3.05, 3.63) is 36.1 Å². The Hall–Kier alpha value is -2.34. The summed E-state index contributed by atoms with van der Waals surface area (Å²) in [6.45, 7) is 7.94. The number of furan rings is 1. The van der Waals surface area contributed by atoms with Crippen molar-refractivity contribution in [1.29, 1.82) is 0 Å². The molecule has 1 aliphatic heterocycles. The third-order valence-corrected chi connectivity index (χ3v) is 4.04. The minimum Gasteiger partial charge on any atom is -0.458 e. The van der Waals surface area contributed by atoms with Crippen LogP contribution >= 0.6 is 0 Å². The molecule has 24 heavy (non-hydrogen) atoms. The van der Waals surface area contributed by atoms with Gasteiger partial charge in [-0.05, 0) is 39.8 Å². The first-order valence-electron chi connectivity index (χ1n) is 7.98. The maximum absolute atomic E-state index is 12.8. The first kappa shape index (κ1) is 16.5. The van der Waals surface area contributed by atoms with Gasteiger partial charge in [-0.25, -0.2) is 4.79 Å². The van der Waals surface area contributed by atoms with Crippen molar-refractivity contribution in [3.8, 4) is 0 Å². The van der Waals surface area contributed by atoms with Gasteiger partial charge in [0.1, 0.15) is 11.3 Å². The summed E-state index contributed by atoms with van der Waals surface area (Å²) in [5, 5.41) is 3.64. The molecule has 1 atom stereocenters. The number of hydrogen-bond acceptors (Lipinski definition) is 4. The van der Waals surface area contributed by atoms with Crippen LogP contribution < -0.4 is 5.32 Å². The predicted octanol–water partition coefficient (Wildman–Crippen LogP) is 3.01. The summed E-state index contributed by atoms with van der Waals surface area (Å²) in [5.74, 6) is 0.102. The highest BCUT2D eigenvalue weighted by Crippen LogP contribution is 2.32. The quantitative estimate of drug-likeness (QED) is 0.875. The molecule has 0 radical (unpaired) electrons. The standard InChI is InChI=1S/C18H22N2O4/c1-17(2,3)23-10-9-20-15(21)18(4,19-16(20)22)14-11-12-7-5-6-8-13(12)24-14/h5-8,11H,9-10H2,1-4H3,(H,19,22)/t18-/m1/s1. The van der Waals surface area contributed by atoms with Gasteiger partial charge in [0.2, 0.25) is 0 Å². The zero-order valence-electron chi connectivity index (χ0n) is 14.4. The second-order valence-corrected chi connectivity index (χ2v) is 7.12. The number of hydrogen-bond donors (Lipinski definition) is 1. The van der Waals surface area contributed by atoms with Crippen LogP contribution in [0.5, 0.6) is 0 Å². The lowest BCUT2D eigenvalue weighted by atomic mass is 9.99. The molecule has 2 aromatic rings. The second-order valence-electron chi connectivity index (χ2n) is 7.12. The molecule has 6 nitrogen and oxygen atoms in total. The van der Waals surface area contributed by atoms with Crippen LogP contribution in [0, 0.1) is 0 Å². The van der Waals surface area contributed by atoms with Crippen molar-refractivity contribution in [1.82, 2.24) is 10.2 Å². The number of benzene rings is 1. The average Bonchev–Trinajstić information content (AvgIpc) is 3.02. The van der Waals surface area contributed by atoms with Crippen molar-refractivity contribution in [3.63, 3.8) is 0 Å². The van der Waals surface area contributed by atoms with Gasteiger partial charge in [-0.3, -0.25) is 9.69 Å². The number of ether oxygens (including phenoxy) is 1. The van der Waals surface area contributed by atoms with Gasteiger partial charge in [-0.2, -0.15) is 0 Å². The Kier molecular flexibility index (Phi) is 3.87. The lowest BCUT2D eigenvalue weighted by Crippen LogP contribution is -2.41. The molecule has 1 aromatic heterocycles. The Morgan fingerprint density at radius 3 is 2.62 bits per heavy atom. The number of nitrogens with one attached hydrogen (secondary N) is 1. The van der Waals surface area contributed by atoms with Gasteiger partial charge in [0.25, 0.3) is 5.91 Å². The predicted molar refractivity (Wildman–Crippen MR) is 89.5 cm³/mol. The van der Waals surface area contributed by atoms with E-state index in [-0.39, 0.29) is 18.1 Å². The molecular weight excluding hydrogens is 308 g/mol. The van der Waals surface area contributed by atoms with Gasteiger partial charge in [0.05, 0.1) is 18.8 Å². The van der Waals surface area contributed by atoms with Crippen LogP contribution in [0.15, 0.2) is 34.7 Å². The zero-order chi connectivity index (χ0) is 17.5. The molecule has 0 aliphatic carbocycles. The molecule has 0 bridgehead atoms. The first-order chi connectivity index (χ1) is 11.2.